The van der Waals surface area contributed by atoms with Crippen LogP contribution in [-0.2, 0) is 11.3 Å². The maximum absolute atomic E-state index is 12.2. The Hall–Kier alpha value is -2.21. The molecule has 0 spiro atoms. The quantitative estimate of drug-likeness (QED) is 0.651. The highest BCUT2D eigenvalue weighted by molar-refractivity contribution is 7.99. The molecule has 2 aromatic rings. The van der Waals surface area contributed by atoms with Gasteiger partial charge in [0.2, 0.25) is 5.91 Å². The Balaban J connectivity index is 1.84. The van der Waals surface area contributed by atoms with Crippen LogP contribution in [0.25, 0.3) is 6.08 Å². The summed E-state index contributed by atoms with van der Waals surface area (Å²) in [6.07, 6.45) is 4.69. The zero-order valence-electron chi connectivity index (χ0n) is 11.6. The zero-order valence-corrected chi connectivity index (χ0v) is 12.4. The molecule has 0 saturated carbocycles. The third-order valence-electron chi connectivity index (χ3n) is 2.70. The Morgan fingerprint density at radius 1 is 1.23 bits per heavy atom. The number of alkyl halides is 2. The fraction of sp³-hybridized carbons (Fsp3) is 0.125. The zero-order chi connectivity index (χ0) is 15.8. The van der Waals surface area contributed by atoms with Crippen molar-refractivity contribution < 1.29 is 13.6 Å². The minimum Gasteiger partial charge on any atom is -0.347 e. The third kappa shape index (κ3) is 5.65. The Kier molecular flexibility index (Phi) is 6.09. The molecule has 1 heterocycles. The van der Waals surface area contributed by atoms with E-state index in [1.807, 2.05) is 12.1 Å². The van der Waals surface area contributed by atoms with E-state index in [-0.39, 0.29) is 5.91 Å². The normalized spacial score (nSPS) is 11.0. The van der Waals surface area contributed by atoms with Gasteiger partial charge in [-0.05, 0) is 35.9 Å². The second kappa shape index (κ2) is 8.29. The highest BCUT2D eigenvalue weighted by atomic mass is 32.2. The Morgan fingerprint density at radius 2 is 2.00 bits per heavy atom. The minimum atomic E-state index is -2.43. The number of thioether (sulfide) groups is 1. The molecule has 0 atom stereocenters. The maximum atomic E-state index is 12.2. The lowest BCUT2D eigenvalue weighted by atomic mass is 10.2. The fourth-order valence-corrected chi connectivity index (χ4v) is 2.17. The first-order valence-corrected chi connectivity index (χ1v) is 7.42. The van der Waals surface area contributed by atoms with Crippen molar-refractivity contribution in [3.63, 3.8) is 0 Å². The van der Waals surface area contributed by atoms with Gasteiger partial charge >= 0.3 is 0 Å². The van der Waals surface area contributed by atoms with E-state index in [1.165, 1.54) is 6.08 Å². The Labute approximate surface area is 131 Å². The molecule has 1 aromatic heterocycles. The molecular weight excluding hydrogens is 306 g/mol. The number of nitrogens with zero attached hydrogens (tertiary/aromatic N) is 1. The van der Waals surface area contributed by atoms with E-state index in [0.717, 1.165) is 11.3 Å². The average molecular weight is 320 g/mol. The first-order valence-electron chi connectivity index (χ1n) is 6.54. The van der Waals surface area contributed by atoms with Gasteiger partial charge in [-0.15, -0.1) is 0 Å². The first kappa shape index (κ1) is 16.2. The van der Waals surface area contributed by atoms with Crippen LogP contribution in [0.2, 0.25) is 0 Å². The molecule has 0 saturated heterocycles. The summed E-state index contributed by atoms with van der Waals surface area (Å²) in [5.41, 5.74) is 1.55. The lowest BCUT2D eigenvalue weighted by Crippen LogP contribution is -2.20. The van der Waals surface area contributed by atoms with Crippen molar-refractivity contribution in [2.24, 2.45) is 0 Å². The van der Waals surface area contributed by atoms with Gasteiger partial charge in [0, 0.05) is 17.2 Å². The van der Waals surface area contributed by atoms with E-state index in [2.05, 4.69) is 10.3 Å². The van der Waals surface area contributed by atoms with E-state index in [0.29, 0.717) is 23.2 Å². The third-order valence-corrected chi connectivity index (χ3v) is 3.42. The van der Waals surface area contributed by atoms with Crippen molar-refractivity contribution in [1.82, 2.24) is 10.3 Å². The summed E-state index contributed by atoms with van der Waals surface area (Å²) >= 11 is 0.494. The molecule has 114 valence electrons. The Morgan fingerprint density at radius 3 is 2.64 bits per heavy atom. The Bertz CT molecular complexity index is 630. The number of hydrogen-bond donors (Lipinski definition) is 1. The summed E-state index contributed by atoms with van der Waals surface area (Å²) in [5.74, 6) is -2.67. The van der Waals surface area contributed by atoms with Crippen LogP contribution in [0.1, 0.15) is 11.3 Å². The molecule has 3 nitrogen and oxygen atoms in total. The topological polar surface area (TPSA) is 42.0 Å². The molecule has 0 fully saturated rings. The number of rotatable bonds is 6. The molecule has 0 unspecified atom stereocenters. The van der Waals surface area contributed by atoms with Gasteiger partial charge in [-0.2, -0.15) is 8.78 Å². The van der Waals surface area contributed by atoms with Gasteiger partial charge in [0.1, 0.15) is 0 Å². The summed E-state index contributed by atoms with van der Waals surface area (Å²) in [6.45, 7) is 0.355. The van der Waals surface area contributed by atoms with Crippen LogP contribution in [0.15, 0.2) is 59.6 Å². The van der Waals surface area contributed by atoms with E-state index in [4.69, 9.17) is 0 Å². The summed E-state index contributed by atoms with van der Waals surface area (Å²) in [6, 6.07) is 12.1. The van der Waals surface area contributed by atoms with Gasteiger partial charge in [-0.25, -0.2) is 0 Å². The van der Waals surface area contributed by atoms with Crippen LogP contribution in [-0.4, -0.2) is 16.6 Å². The number of pyridine rings is 1. The number of halogens is 2. The SMILES string of the molecule is O=C(/C=C/c1ccc(SC(F)F)cc1)NCc1ccccn1. The summed E-state index contributed by atoms with van der Waals surface area (Å²) in [7, 11) is 0. The molecule has 22 heavy (non-hydrogen) atoms. The van der Waals surface area contributed by atoms with Crippen molar-refractivity contribution in [3.8, 4) is 0 Å². The van der Waals surface area contributed by atoms with E-state index in [9.17, 15) is 13.6 Å². The lowest BCUT2D eigenvalue weighted by molar-refractivity contribution is -0.116. The number of nitrogens with one attached hydrogen (secondary N) is 1. The highest BCUT2D eigenvalue weighted by Gasteiger charge is 2.04. The smallest absolute Gasteiger partial charge is 0.288 e. The van der Waals surface area contributed by atoms with E-state index >= 15 is 0 Å². The van der Waals surface area contributed by atoms with Crippen molar-refractivity contribution in [1.29, 1.82) is 0 Å². The number of carbonyl (C=O) groups is 1. The predicted octanol–water partition coefficient (Wildman–Crippen LogP) is 3.73. The molecular formula is C16H14F2N2OS. The molecule has 1 aromatic carbocycles. The van der Waals surface area contributed by atoms with Crippen LogP contribution in [0.5, 0.6) is 0 Å². The van der Waals surface area contributed by atoms with Crippen LogP contribution in [0, 0.1) is 0 Å². The summed E-state index contributed by atoms with van der Waals surface area (Å²) in [5, 5.41) is 2.72. The minimum absolute atomic E-state index is 0.239. The molecule has 2 rings (SSSR count). The lowest BCUT2D eigenvalue weighted by Gasteiger charge is -2.02. The second-order valence-electron chi connectivity index (χ2n) is 4.32. The molecule has 0 radical (unpaired) electrons. The molecule has 6 heteroatoms. The largest absolute Gasteiger partial charge is 0.347 e. The van der Waals surface area contributed by atoms with E-state index < -0.39 is 5.76 Å². The highest BCUT2D eigenvalue weighted by Crippen LogP contribution is 2.25. The molecule has 0 aliphatic heterocycles. The molecule has 1 N–H and O–H groups in total. The summed E-state index contributed by atoms with van der Waals surface area (Å²) in [4.78, 5) is 16.3. The van der Waals surface area contributed by atoms with Crippen LogP contribution in [0.4, 0.5) is 8.78 Å². The van der Waals surface area contributed by atoms with Crippen LogP contribution in [0.3, 0.4) is 0 Å². The van der Waals surface area contributed by atoms with E-state index in [1.54, 1.807) is 42.6 Å². The second-order valence-corrected chi connectivity index (χ2v) is 5.38. The first-order chi connectivity index (χ1) is 10.6. The van der Waals surface area contributed by atoms with Gasteiger partial charge in [-0.1, -0.05) is 30.0 Å². The summed E-state index contributed by atoms with van der Waals surface area (Å²) < 4.78 is 24.4. The van der Waals surface area contributed by atoms with Crippen molar-refractivity contribution in [3.05, 3.63) is 66.0 Å². The monoisotopic (exact) mass is 320 g/mol. The number of amides is 1. The fourth-order valence-electron chi connectivity index (χ4n) is 1.67. The molecule has 0 aliphatic carbocycles. The van der Waals surface area contributed by atoms with Gasteiger partial charge < -0.3 is 5.32 Å². The number of hydrogen-bond acceptors (Lipinski definition) is 3. The average Bonchev–Trinajstić information content (AvgIpc) is 2.53. The molecule has 0 aliphatic rings. The predicted molar refractivity (Wildman–Crippen MR) is 83.4 cm³/mol. The molecule has 1 amide bonds. The van der Waals surface area contributed by atoms with Gasteiger partial charge in [0.25, 0.3) is 5.76 Å². The van der Waals surface area contributed by atoms with Crippen LogP contribution < -0.4 is 5.32 Å². The van der Waals surface area contributed by atoms with Gasteiger partial charge in [0.05, 0.1) is 12.2 Å². The number of carbonyl (C=O) groups excluding carboxylic acids is 1. The van der Waals surface area contributed by atoms with Crippen molar-refractivity contribution >= 4 is 23.7 Å². The van der Waals surface area contributed by atoms with Crippen molar-refractivity contribution in [2.45, 2.75) is 17.2 Å². The van der Waals surface area contributed by atoms with Crippen molar-refractivity contribution in [2.75, 3.05) is 0 Å². The van der Waals surface area contributed by atoms with Crippen LogP contribution >= 0.6 is 11.8 Å². The standard InChI is InChI=1S/C16H14F2N2OS/c17-16(18)22-14-7-4-12(5-8-14)6-9-15(21)20-11-13-3-1-2-10-19-13/h1-10,16H,11H2,(H,20,21)/b9-6+. The molecule has 0 bridgehead atoms. The van der Waals surface area contributed by atoms with Gasteiger partial charge in [-0.3, -0.25) is 9.78 Å². The maximum Gasteiger partial charge on any atom is 0.288 e. The number of benzene rings is 1. The number of aromatic nitrogens is 1. The van der Waals surface area contributed by atoms with Gasteiger partial charge in [0.15, 0.2) is 0 Å².